The van der Waals surface area contributed by atoms with Crippen LogP contribution in [0.4, 0.5) is 8.78 Å². The Bertz CT molecular complexity index is 1580. The minimum absolute atomic E-state index is 0.0617. The van der Waals surface area contributed by atoms with Crippen LogP contribution in [0.15, 0.2) is 71.7 Å². The first kappa shape index (κ1) is 24.5. The SMILES string of the molecule is Cn1cc(-c2ccc3nc(-c4ccc(OCCN5CCC(F)(F)CC5)cc4)ccc3c2)c2c(c1=O)CC=C2. The van der Waals surface area contributed by atoms with Crippen LogP contribution in [0.1, 0.15) is 24.0 Å². The lowest BCUT2D eigenvalue weighted by Crippen LogP contribution is -2.41. The van der Waals surface area contributed by atoms with Crippen molar-refractivity contribution in [3.8, 4) is 28.1 Å². The third-order valence-corrected chi connectivity index (χ3v) is 7.54. The Morgan fingerprint density at radius 2 is 1.76 bits per heavy atom. The zero-order valence-corrected chi connectivity index (χ0v) is 21.3. The van der Waals surface area contributed by atoms with E-state index in [2.05, 4.69) is 18.2 Å². The van der Waals surface area contributed by atoms with Crippen LogP contribution in [-0.2, 0) is 13.5 Å². The zero-order chi connectivity index (χ0) is 26.3. The number of pyridine rings is 2. The fourth-order valence-electron chi connectivity index (χ4n) is 5.30. The summed E-state index contributed by atoms with van der Waals surface area (Å²) in [7, 11) is 1.80. The third-order valence-electron chi connectivity index (χ3n) is 7.54. The second-order valence-electron chi connectivity index (χ2n) is 10.1. The molecule has 2 aliphatic rings. The van der Waals surface area contributed by atoms with E-state index < -0.39 is 5.92 Å². The van der Waals surface area contributed by atoms with E-state index in [0.29, 0.717) is 32.7 Å². The molecule has 0 bridgehead atoms. The highest BCUT2D eigenvalue weighted by Gasteiger charge is 2.33. The number of fused-ring (bicyclic) bond motifs is 2. The maximum atomic E-state index is 13.3. The van der Waals surface area contributed by atoms with Gasteiger partial charge in [-0.3, -0.25) is 9.69 Å². The Labute approximate surface area is 220 Å². The third kappa shape index (κ3) is 4.86. The van der Waals surface area contributed by atoms with Crippen molar-refractivity contribution in [1.82, 2.24) is 14.5 Å². The molecule has 1 fully saturated rings. The minimum atomic E-state index is -2.52. The van der Waals surface area contributed by atoms with Gasteiger partial charge in [-0.25, -0.2) is 13.8 Å². The van der Waals surface area contributed by atoms with Crippen LogP contribution in [-0.4, -0.2) is 46.6 Å². The van der Waals surface area contributed by atoms with Gasteiger partial charge >= 0.3 is 0 Å². The Kier molecular flexibility index (Phi) is 6.32. The van der Waals surface area contributed by atoms with E-state index in [4.69, 9.17) is 9.72 Å². The monoisotopic (exact) mass is 513 g/mol. The minimum Gasteiger partial charge on any atom is -0.492 e. The highest BCUT2D eigenvalue weighted by atomic mass is 19.3. The number of ether oxygens (including phenoxy) is 1. The van der Waals surface area contributed by atoms with Gasteiger partial charge in [0.25, 0.3) is 11.5 Å². The lowest BCUT2D eigenvalue weighted by Gasteiger charge is -2.31. The predicted octanol–water partition coefficient (Wildman–Crippen LogP) is 5.95. The molecule has 5 nitrogen and oxygen atoms in total. The Morgan fingerprint density at radius 1 is 1.00 bits per heavy atom. The maximum absolute atomic E-state index is 13.3. The molecule has 0 atom stereocenters. The Balaban J connectivity index is 1.15. The van der Waals surface area contributed by atoms with Crippen molar-refractivity contribution < 1.29 is 13.5 Å². The zero-order valence-electron chi connectivity index (χ0n) is 21.3. The van der Waals surface area contributed by atoms with Crippen molar-refractivity contribution in [1.29, 1.82) is 0 Å². The van der Waals surface area contributed by atoms with Gasteiger partial charge in [0.2, 0.25) is 0 Å². The summed E-state index contributed by atoms with van der Waals surface area (Å²) in [4.78, 5) is 19.4. The van der Waals surface area contributed by atoms with Gasteiger partial charge in [0.1, 0.15) is 12.4 Å². The number of allylic oxidation sites excluding steroid dienone is 1. The van der Waals surface area contributed by atoms with Gasteiger partial charge in [0.15, 0.2) is 0 Å². The number of alkyl halides is 2. The van der Waals surface area contributed by atoms with Crippen LogP contribution >= 0.6 is 0 Å². The number of rotatable bonds is 6. The van der Waals surface area contributed by atoms with Crippen molar-refractivity contribution in [2.24, 2.45) is 7.05 Å². The fourth-order valence-corrected chi connectivity index (χ4v) is 5.30. The number of likely N-dealkylation sites (tertiary alicyclic amines) is 1. The number of piperidine rings is 1. The first-order chi connectivity index (χ1) is 18.4. The van der Waals surface area contributed by atoms with Crippen molar-refractivity contribution in [2.45, 2.75) is 25.2 Å². The van der Waals surface area contributed by atoms with Crippen LogP contribution < -0.4 is 10.3 Å². The van der Waals surface area contributed by atoms with E-state index in [-0.39, 0.29) is 18.4 Å². The standard InChI is InChI=1S/C31H29F2N3O2/c1-35-20-27(25-3-2-4-26(25)30(35)37)22-7-11-29-23(19-22)8-12-28(34-29)21-5-9-24(10-6-21)38-18-17-36-15-13-31(32,33)14-16-36/h2-3,5-12,19-20H,4,13-18H2,1H3. The van der Waals surface area contributed by atoms with Crippen LogP contribution in [0.2, 0.25) is 0 Å². The van der Waals surface area contributed by atoms with E-state index in [9.17, 15) is 13.6 Å². The summed E-state index contributed by atoms with van der Waals surface area (Å²) < 4.78 is 34.1. The van der Waals surface area contributed by atoms with E-state index in [1.807, 2.05) is 59.6 Å². The molecule has 4 aromatic rings. The van der Waals surface area contributed by atoms with E-state index in [0.717, 1.165) is 50.2 Å². The molecule has 3 heterocycles. The lowest BCUT2D eigenvalue weighted by molar-refractivity contribution is -0.0564. The quantitative estimate of drug-likeness (QED) is 0.320. The van der Waals surface area contributed by atoms with Gasteiger partial charge in [0, 0.05) is 67.8 Å². The molecule has 0 spiro atoms. The van der Waals surface area contributed by atoms with Crippen LogP contribution in [0.25, 0.3) is 39.4 Å². The van der Waals surface area contributed by atoms with Crippen molar-refractivity contribution in [3.05, 3.63) is 88.4 Å². The molecule has 6 rings (SSSR count). The molecule has 0 amide bonds. The number of hydrogen-bond acceptors (Lipinski definition) is 4. The van der Waals surface area contributed by atoms with Crippen LogP contribution in [0.3, 0.4) is 0 Å². The summed E-state index contributed by atoms with van der Waals surface area (Å²) in [5.74, 6) is -1.77. The van der Waals surface area contributed by atoms with Crippen LogP contribution in [0, 0.1) is 0 Å². The first-order valence-electron chi connectivity index (χ1n) is 13.0. The van der Waals surface area contributed by atoms with Gasteiger partial charge < -0.3 is 9.30 Å². The first-order valence-corrected chi connectivity index (χ1v) is 13.0. The highest BCUT2D eigenvalue weighted by molar-refractivity contribution is 5.88. The number of benzene rings is 2. The van der Waals surface area contributed by atoms with Crippen LogP contribution in [0.5, 0.6) is 5.75 Å². The number of nitrogens with zero attached hydrogens (tertiary/aromatic N) is 3. The average Bonchev–Trinajstić information content (AvgIpc) is 3.42. The van der Waals surface area contributed by atoms with Crippen molar-refractivity contribution >= 4 is 17.0 Å². The van der Waals surface area contributed by atoms with Gasteiger partial charge in [-0.1, -0.05) is 24.3 Å². The van der Waals surface area contributed by atoms with Gasteiger partial charge in [-0.05, 0) is 60.0 Å². The maximum Gasteiger partial charge on any atom is 0.254 e. The number of hydrogen-bond donors (Lipinski definition) is 0. The Morgan fingerprint density at radius 3 is 2.55 bits per heavy atom. The molecule has 0 N–H and O–H groups in total. The van der Waals surface area contributed by atoms with Crippen molar-refractivity contribution in [2.75, 3.05) is 26.2 Å². The number of aromatic nitrogens is 2. The molecule has 1 aliphatic heterocycles. The van der Waals surface area contributed by atoms with E-state index >= 15 is 0 Å². The summed E-state index contributed by atoms with van der Waals surface area (Å²) in [6.07, 6.45) is 6.52. The van der Waals surface area contributed by atoms with Crippen molar-refractivity contribution in [3.63, 3.8) is 0 Å². The lowest BCUT2D eigenvalue weighted by atomic mass is 9.98. The van der Waals surface area contributed by atoms with Gasteiger partial charge in [-0.15, -0.1) is 0 Å². The molecule has 1 aliphatic carbocycles. The smallest absolute Gasteiger partial charge is 0.254 e. The second kappa shape index (κ2) is 9.80. The normalized spacial score (nSPS) is 16.6. The molecule has 0 saturated carbocycles. The molecular weight excluding hydrogens is 484 g/mol. The summed E-state index contributed by atoms with van der Waals surface area (Å²) in [5, 5.41) is 1.03. The topological polar surface area (TPSA) is 47.4 Å². The molecule has 0 unspecified atom stereocenters. The average molecular weight is 514 g/mol. The predicted molar refractivity (Wildman–Crippen MR) is 147 cm³/mol. The molecular formula is C31H29F2N3O2. The molecule has 194 valence electrons. The Hall–Kier alpha value is -3.84. The molecule has 1 saturated heterocycles. The summed E-state index contributed by atoms with van der Waals surface area (Å²) in [5.41, 5.74) is 6.79. The largest absolute Gasteiger partial charge is 0.492 e. The molecule has 7 heteroatoms. The molecule has 2 aromatic carbocycles. The molecule has 0 radical (unpaired) electrons. The molecule has 2 aromatic heterocycles. The summed E-state index contributed by atoms with van der Waals surface area (Å²) in [6.45, 7) is 1.93. The fraction of sp³-hybridized carbons (Fsp3) is 0.290. The summed E-state index contributed by atoms with van der Waals surface area (Å²) in [6, 6.07) is 18.1. The van der Waals surface area contributed by atoms with E-state index in [1.54, 1.807) is 11.6 Å². The number of aryl methyl sites for hydroxylation is 1. The van der Waals surface area contributed by atoms with Gasteiger partial charge in [0.05, 0.1) is 11.2 Å². The van der Waals surface area contributed by atoms with E-state index in [1.165, 1.54) is 0 Å². The molecule has 38 heavy (non-hydrogen) atoms. The second-order valence-corrected chi connectivity index (χ2v) is 10.1. The summed E-state index contributed by atoms with van der Waals surface area (Å²) >= 11 is 0. The highest BCUT2D eigenvalue weighted by Crippen LogP contribution is 2.32. The number of halogens is 2. The van der Waals surface area contributed by atoms with Gasteiger partial charge in [-0.2, -0.15) is 0 Å².